The SMILES string of the molecule is CCCCNC(=O)C(C)N1CC[C@H](N)C1. The van der Waals surface area contributed by atoms with Gasteiger partial charge in [-0.05, 0) is 19.8 Å². The Kier molecular flexibility index (Phi) is 5.05. The molecule has 1 saturated heterocycles. The van der Waals surface area contributed by atoms with Gasteiger partial charge in [-0.1, -0.05) is 13.3 Å². The molecular formula is C11H23N3O. The van der Waals surface area contributed by atoms with Crippen LogP contribution in [0.2, 0.25) is 0 Å². The monoisotopic (exact) mass is 213 g/mol. The van der Waals surface area contributed by atoms with Gasteiger partial charge in [-0.2, -0.15) is 0 Å². The lowest BCUT2D eigenvalue weighted by atomic mass is 10.2. The number of nitrogens with two attached hydrogens (primary N) is 1. The van der Waals surface area contributed by atoms with E-state index >= 15 is 0 Å². The summed E-state index contributed by atoms with van der Waals surface area (Å²) in [5.74, 6) is 0.137. The third kappa shape index (κ3) is 3.80. The van der Waals surface area contributed by atoms with E-state index in [0.29, 0.717) is 0 Å². The summed E-state index contributed by atoms with van der Waals surface area (Å²) in [6, 6.07) is 0.214. The van der Waals surface area contributed by atoms with Crippen LogP contribution in [-0.4, -0.2) is 42.5 Å². The van der Waals surface area contributed by atoms with Gasteiger partial charge in [0.15, 0.2) is 0 Å². The minimum Gasteiger partial charge on any atom is -0.355 e. The van der Waals surface area contributed by atoms with Gasteiger partial charge in [-0.15, -0.1) is 0 Å². The number of likely N-dealkylation sites (tertiary alicyclic amines) is 1. The number of nitrogens with one attached hydrogen (secondary N) is 1. The number of carbonyl (C=O) groups is 1. The molecule has 3 N–H and O–H groups in total. The fraction of sp³-hybridized carbons (Fsp3) is 0.909. The lowest BCUT2D eigenvalue weighted by Gasteiger charge is -2.22. The molecule has 0 spiro atoms. The standard InChI is InChI=1S/C11H23N3O/c1-3-4-6-13-11(15)9(2)14-7-5-10(12)8-14/h9-10H,3-8,12H2,1-2H3,(H,13,15)/t9?,10-/m0/s1. The first-order chi connectivity index (χ1) is 7.15. The van der Waals surface area contributed by atoms with Crippen molar-refractivity contribution >= 4 is 5.91 Å². The molecule has 0 aromatic rings. The first kappa shape index (κ1) is 12.5. The summed E-state index contributed by atoms with van der Waals surface area (Å²) in [4.78, 5) is 13.9. The Morgan fingerprint density at radius 1 is 1.67 bits per heavy atom. The Balaban J connectivity index is 2.26. The highest BCUT2D eigenvalue weighted by molar-refractivity contribution is 5.81. The number of amides is 1. The van der Waals surface area contributed by atoms with Gasteiger partial charge in [0, 0.05) is 25.7 Å². The van der Waals surface area contributed by atoms with E-state index < -0.39 is 0 Å². The summed E-state index contributed by atoms with van der Waals surface area (Å²) >= 11 is 0. The molecule has 1 fully saturated rings. The van der Waals surface area contributed by atoms with E-state index in [2.05, 4.69) is 17.1 Å². The highest BCUT2D eigenvalue weighted by Crippen LogP contribution is 2.10. The molecule has 0 aliphatic carbocycles. The molecule has 2 atom stereocenters. The molecule has 1 aliphatic rings. The first-order valence-electron chi connectivity index (χ1n) is 5.92. The molecule has 15 heavy (non-hydrogen) atoms. The van der Waals surface area contributed by atoms with Gasteiger partial charge < -0.3 is 11.1 Å². The molecule has 0 aromatic heterocycles. The fourth-order valence-electron chi connectivity index (χ4n) is 1.87. The predicted octanol–water partition coefficient (Wildman–Crippen LogP) is 0.324. The van der Waals surface area contributed by atoms with Crippen LogP contribution in [0, 0.1) is 0 Å². The van der Waals surface area contributed by atoms with Crippen molar-refractivity contribution in [3.63, 3.8) is 0 Å². The quantitative estimate of drug-likeness (QED) is 0.647. The normalized spacial score (nSPS) is 24.1. The average molecular weight is 213 g/mol. The molecule has 1 rings (SSSR count). The van der Waals surface area contributed by atoms with Crippen LogP contribution >= 0.6 is 0 Å². The molecule has 0 aromatic carbocycles. The van der Waals surface area contributed by atoms with Gasteiger partial charge in [-0.3, -0.25) is 9.69 Å². The van der Waals surface area contributed by atoms with Crippen LogP contribution in [0.15, 0.2) is 0 Å². The molecule has 1 aliphatic heterocycles. The first-order valence-corrected chi connectivity index (χ1v) is 5.92. The average Bonchev–Trinajstić information content (AvgIpc) is 2.64. The second kappa shape index (κ2) is 6.08. The summed E-state index contributed by atoms with van der Waals surface area (Å²) < 4.78 is 0. The summed E-state index contributed by atoms with van der Waals surface area (Å²) in [6.07, 6.45) is 3.17. The molecular weight excluding hydrogens is 190 g/mol. The number of hydrogen-bond acceptors (Lipinski definition) is 3. The molecule has 0 radical (unpaired) electrons. The fourth-order valence-corrected chi connectivity index (χ4v) is 1.87. The van der Waals surface area contributed by atoms with Gasteiger partial charge >= 0.3 is 0 Å². The topological polar surface area (TPSA) is 58.4 Å². The van der Waals surface area contributed by atoms with Crippen molar-refractivity contribution in [2.45, 2.75) is 45.2 Å². The van der Waals surface area contributed by atoms with Gasteiger partial charge in [0.2, 0.25) is 5.91 Å². The molecule has 88 valence electrons. The molecule has 4 heteroatoms. The van der Waals surface area contributed by atoms with Crippen LogP contribution in [0.5, 0.6) is 0 Å². The maximum Gasteiger partial charge on any atom is 0.237 e. The van der Waals surface area contributed by atoms with Crippen molar-refractivity contribution < 1.29 is 4.79 Å². The van der Waals surface area contributed by atoms with Gasteiger partial charge in [0.25, 0.3) is 0 Å². The Morgan fingerprint density at radius 3 is 2.93 bits per heavy atom. The zero-order chi connectivity index (χ0) is 11.3. The molecule has 4 nitrogen and oxygen atoms in total. The molecule has 1 amide bonds. The van der Waals surface area contributed by atoms with Crippen molar-refractivity contribution in [2.75, 3.05) is 19.6 Å². The minimum absolute atomic E-state index is 0.0320. The van der Waals surface area contributed by atoms with E-state index in [-0.39, 0.29) is 18.0 Å². The van der Waals surface area contributed by atoms with Gasteiger partial charge in [-0.25, -0.2) is 0 Å². The van der Waals surface area contributed by atoms with Crippen LogP contribution in [0.25, 0.3) is 0 Å². The molecule has 1 heterocycles. The van der Waals surface area contributed by atoms with Gasteiger partial charge in [0.1, 0.15) is 0 Å². The van der Waals surface area contributed by atoms with Gasteiger partial charge in [0.05, 0.1) is 6.04 Å². The smallest absolute Gasteiger partial charge is 0.237 e. The number of nitrogens with zero attached hydrogens (tertiary/aromatic N) is 1. The highest BCUT2D eigenvalue weighted by atomic mass is 16.2. The summed E-state index contributed by atoms with van der Waals surface area (Å²) in [5, 5.41) is 2.95. The van der Waals surface area contributed by atoms with Crippen molar-refractivity contribution in [1.29, 1.82) is 0 Å². The second-order valence-electron chi connectivity index (χ2n) is 4.36. The highest BCUT2D eigenvalue weighted by Gasteiger charge is 2.27. The third-order valence-electron chi connectivity index (χ3n) is 3.01. The lowest BCUT2D eigenvalue weighted by molar-refractivity contribution is -0.125. The maximum atomic E-state index is 11.7. The van der Waals surface area contributed by atoms with E-state index in [4.69, 9.17) is 5.73 Å². The van der Waals surface area contributed by atoms with E-state index in [1.165, 1.54) is 0 Å². The van der Waals surface area contributed by atoms with E-state index in [9.17, 15) is 4.79 Å². The Morgan fingerprint density at radius 2 is 2.40 bits per heavy atom. The maximum absolute atomic E-state index is 11.7. The zero-order valence-electron chi connectivity index (χ0n) is 9.83. The van der Waals surface area contributed by atoms with Crippen LogP contribution in [0.4, 0.5) is 0 Å². The number of hydrogen-bond donors (Lipinski definition) is 2. The second-order valence-corrected chi connectivity index (χ2v) is 4.36. The predicted molar refractivity (Wildman–Crippen MR) is 61.5 cm³/mol. The summed E-state index contributed by atoms with van der Waals surface area (Å²) in [7, 11) is 0. The number of rotatable bonds is 5. The number of carbonyl (C=O) groups excluding carboxylic acids is 1. The van der Waals surface area contributed by atoms with Crippen molar-refractivity contribution in [3.05, 3.63) is 0 Å². The van der Waals surface area contributed by atoms with Crippen LogP contribution < -0.4 is 11.1 Å². The van der Waals surface area contributed by atoms with Crippen LogP contribution in [-0.2, 0) is 4.79 Å². The molecule has 0 saturated carbocycles. The van der Waals surface area contributed by atoms with E-state index in [1.54, 1.807) is 0 Å². The van der Waals surface area contributed by atoms with E-state index in [1.807, 2.05) is 6.92 Å². The summed E-state index contributed by atoms with van der Waals surface area (Å²) in [6.45, 7) is 6.67. The van der Waals surface area contributed by atoms with Crippen LogP contribution in [0.3, 0.4) is 0 Å². The third-order valence-corrected chi connectivity index (χ3v) is 3.01. The van der Waals surface area contributed by atoms with Crippen molar-refractivity contribution in [3.8, 4) is 0 Å². The number of unbranched alkanes of at least 4 members (excludes halogenated alkanes) is 1. The summed E-state index contributed by atoms with van der Waals surface area (Å²) in [5.41, 5.74) is 5.81. The minimum atomic E-state index is -0.0320. The molecule has 1 unspecified atom stereocenters. The van der Waals surface area contributed by atoms with Crippen molar-refractivity contribution in [2.24, 2.45) is 5.73 Å². The molecule has 0 bridgehead atoms. The Labute approximate surface area is 92.2 Å². The van der Waals surface area contributed by atoms with Crippen molar-refractivity contribution in [1.82, 2.24) is 10.2 Å². The Bertz CT molecular complexity index is 208. The van der Waals surface area contributed by atoms with E-state index in [0.717, 1.165) is 38.9 Å². The van der Waals surface area contributed by atoms with Crippen LogP contribution in [0.1, 0.15) is 33.1 Å². The largest absolute Gasteiger partial charge is 0.355 e. The lowest BCUT2D eigenvalue weighted by Crippen LogP contribution is -2.45. The zero-order valence-corrected chi connectivity index (χ0v) is 9.83. The Hall–Kier alpha value is -0.610.